The fourth-order valence-corrected chi connectivity index (χ4v) is 4.08. The third-order valence-corrected chi connectivity index (χ3v) is 5.75. The van der Waals surface area contributed by atoms with Crippen LogP contribution in [0.2, 0.25) is 0 Å². The van der Waals surface area contributed by atoms with Gasteiger partial charge >= 0.3 is 0 Å². The van der Waals surface area contributed by atoms with E-state index in [0.717, 1.165) is 48.0 Å². The monoisotopic (exact) mass is 403 g/mol. The lowest BCUT2D eigenvalue weighted by molar-refractivity contribution is -0.126. The van der Waals surface area contributed by atoms with E-state index in [1.165, 1.54) is 0 Å². The molecule has 1 aliphatic carbocycles. The van der Waals surface area contributed by atoms with Gasteiger partial charge in [0.05, 0.1) is 5.52 Å². The normalized spacial score (nSPS) is 18.7. The van der Waals surface area contributed by atoms with E-state index in [1.807, 2.05) is 73.6 Å². The van der Waals surface area contributed by atoms with E-state index in [-0.39, 0.29) is 11.8 Å². The maximum Gasteiger partial charge on any atom is 0.225 e. The molecule has 6 heteroatoms. The van der Waals surface area contributed by atoms with E-state index in [4.69, 9.17) is 9.97 Å². The van der Waals surface area contributed by atoms with Gasteiger partial charge in [0.1, 0.15) is 5.82 Å². The van der Waals surface area contributed by atoms with Crippen LogP contribution in [0.5, 0.6) is 0 Å². The lowest BCUT2D eigenvalue weighted by Crippen LogP contribution is -2.35. The van der Waals surface area contributed by atoms with Crippen LogP contribution in [0.25, 0.3) is 10.9 Å². The molecule has 1 aromatic heterocycles. The van der Waals surface area contributed by atoms with E-state index in [0.29, 0.717) is 18.5 Å². The second-order valence-corrected chi connectivity index (χ2v) is 8.18. The van der Waals surface area contributed by atoms with Crippen LogP contribution in [0.3, 0.4) is 0 Å². The van der Waals surface area contributed by atoms with Crippen molar-refractivity contribution in [3.8, 4) is 0 Å². The summed E-state index contributed by atoms with van der Waals surface area (Å²) in [5.74, 6) is 1.82. The number of fused-ring (bicyclic) bond motifs is 1. The largest absolute Gasteiger partial charge is 0.362 e. The number of para-hydroxylation sites is 1. The number of hydrogen-bond donors (Lipinski definition) is 2. The molecule has 4 rings (SSSR count). The summed E-state index contributed by atoms with van der Waals surface area (Å²) < 4.78 is 0. The van der Waals surface area contributed by atoms with E-state index < -0.39 is 0 Å². The topological polar surface area (TPSA) is 70.2 Å². The maximum atomic E-state index is 12.5. The number of carbonyl (C=O) groups is 1. The summed E-state index contributed by atoms with van der Waals surface area (Å²) in [5, 5.41) is 7.64. The lowest BCUT2D eigenvalue weighted by Gasteiger charge is -2.28. The molecule has 0 saturated heterocycles. The fourth-order valence-electron chi connectivity index (χ4n) is 4.08. The molecule has 0 radical (unpaired) electrons. The van der Waals surface area contributed by atoms with Crippen molar-refractivity contribution < 1.29 is 4.79 Å². The third kappa shape index (κ3) is 4.70. The van der Waals surface area contributed by atoms with E-state index in [9.17, 15) is 4.79 Å². The molecule has 0 spiro atoms. The van der Waals surface area contributed by atoms with Crippen molar-refractivity contribution in [2.24, 2.45) is 5.92 Å². The first kappa shape index (κ1) is 20.1. The Labute approximate surface area is 177 Å². The highest BCUT2D eigenvalue weighted by Gasteiger charge is 2.26. The molecule has 3 aromatic rings. The molecule has 6 nitrogen and oxygen atoms in total. The molecule has 30 heavy (non-hydrogen) atoms. The summed E-state index contributed by atoms with van der Waals surface area (Å²) in [5.41, 5.74) is 2.07. The Balaban J connectivity index is 1.34. The highest BCUT2D eigenvalue weighted by Crippen LogP contribution is 2.28. The molecule has 0 atom stereocenters. The number of benzene rings is 2. The zero-order valence-electron chi connectivity index (χ0n) is 17.6. The molecule has 156 valence electrons. The van der Waals surface area contributed by atoms with Crippen molar-refractivity contribution in [1.82, 2.24) is 15.3 Å². The van der Waals surface area contributed by atoms with Crippen molar-refractivity contribution in [2.75, 3.05) is 24.3 Å². The number of rotatable bonds is 6. The molecule has 1 amide bonds. The second kappa shape index (κ2) is 9.11. The molecular weight excluding hydrogens is 374 g/mol. The number of hydrogen-bond acceptors (Lipinski definition) is 5. The second-order valence-electron chi connectivity index (χ2n) is 8.18. The predicted octanol–water partition coefficient (Wildman–Crippen LogP) is 3.98. The molecule has 1 saturated carbocycles. The van der Waals surface area contributed by atoms with Crippen molar-refractivity contribution in [3.05, 3.63) is 60.2 Å². The minimum atomic E-state index is 0.0848. The quantitative estimate of drug-likeness (QED) is 0.651. The Morgan fingerprint density at radius 2 is 1.67 bits per heavy atom. The van der Waals surface area contributed by atoms with Crippen LogP contribution in [0.15, 0.2) is 54.6 Å². The summed E-state index contributed by atoms with van der Waals surface area (Å²) in [4.78, 5) is 24.0. The molecule has 2 N–H and O–H groups in total. The van der Waals surface area contributed by atoms with Gasteiger partial charge in [0.25, 0.3) is 0 Å². The van der Waals surface area contributed by atoms with Crippen LogP contribution in [-0.2, 0) is 11.3 Å². The number of nitrogens with zero attached hydrogens (tertiary/aromatic N) is 3. The Bertz CT molecular complexity index is 997. The highest BCUT2D eigenvalue weighted by atomic mass is 16.1. The van der Waals surface area contributed by atoms with Crippen molar-refractivity contribution in [2.45, 2.75) is 38.3 Å². The van der Waals surface area contributed by atoms with Gasteiger partial charge in [0.2, 0.25) is 11.9 Å². The first-order valence-electron chi connectivity index (χ1n) is 10.6. The summed E-state index contributed by atoms with van der Waals surface area (Å²) in [6, 6.07) is 18.4. The van der Waals surface area contributed by atoms with Gasteiger partial charge in [-0.05, 0) is 43.4 Å². The van der Waals surface area contributed by atoms with Crippen LogP contribution >= 0.6 is 0 Å². The van der Waals surface area contributed by atoms with Crippen LogP contribution < -0.4 is 15.5 Å². The lowest BCUT2D eigenvalue weighted by atomic mass is 9.85. The zero-order chi connectivity index (χ0) is 20.9. The fraction of sp³-hybridized carbons (Fsp3) is 0.375. The Morgan fingerprint density at radius 3 is 2.40 bits per heavy atom. The average molecular weight is 404 g/mol. The first-order chi connectivity index (χ1) is 14.6. The average Bonchev–Trinajstić information content (AvgIpc) is 2.78. The zero-order valence-corrected chi connectivity index (χ0v) is 17.6. The Kier molecular flexibility index (Phi) is 6.12. The molecule has 0 aliphatic heterocycles. The van der Waals surface area contributed by atoms with Gasteiger partial charge in [0.15, 0.2) is 0 Å². The van der Waals surface area contributed by atoms with Gasteiger partial charge in [-0.25, -0.2) is 4.98 Å². The van der Waals surface area contributed by atoms with Crippen LogP contribution in [0, 0.1) is 5.92 Å². The van der Waals surface area contributed by atoms with Crippen LogP contribution in [0.1, 0.15) is 31.2 Å². The highest BCUT2D eigenvalue weighted by molar-refractivity contribution is 5.90. The van der Waals surface area contributed by atoms with Crippen LogP contribution in [-0.4, -0.2) is 36.0 Å². The number of aromatic nitrogens is 2. The summed E-state index contributed by atoms with van der Waals surface area (Å²) in [6.07, 6.45) is 3.65. The first-order valence-corrected chi connectivity index (χ1v) is 10.6. The Hall–Kier alpha value is -3.15. The molecule has 1 fully saturated rings. The van der Waals surface area contributed by atoms with Crippen molar-refractivity contribution in [1.29, 1.82) is 0 Å². The van der Waals surface area contributed by atoms with Crippen LogP contribution in [0.4, 0.5) is 11.8 Å². The summed E-state index contributed by atoms with van der Waals surface area (Å²) in [7, 11) is 4.00. The standard InChI is InChI=1S/C24H29N5O/c1-29(2)22-20-10-6-7-11-21(20)27-24(28-22)26-19-14-12-18(13-15-19)23(30)25-16-17-8-4-3-5-9-17/h3-11,18-19H,12-16H2,1-2H3,(H,25,30)(H,26,27,28)/t18-,19+. The minimum absolute atomic E-state index is 0.0848. The van der Waals surface area contributed by atoms with Gasteiger partial charge in [-0.1, -0.05) is 42.5 Å². The van der Waals surface area contributed by atoms with Gasteiger partial charge < -0.3 is 15.5 Å². The molecule has 2 aromatic carbocycles. The molecular formula is C24H29N5O. The summed E-state index contributed by atoms with van der Waals surface area (Å²) in [6.45, 7) is 0.593. The van der Waals surface area contributed by atoms with E-state index >= 15 is 0 Å². The van der Waals surface area contributed by atoms with Crippen molar-refractivity contribution in [3.63, 3.8) is 0 Å². The summed E-state index contributed by atoms with van der Waals surface area (Å²) >= 11 is 0. The third-order valence-electron chi connectivity index (χ3n) is 5.75. The molecule has 1 heterocycles. The Morgan fingerprint density at radius 1 is 0.967 bits per heavy atom. The van der Waals surface area contributed by atoms with E-state index in [2.05, 4.69) is 10.6 Å². The van der Waals surface area contributed by atoms with Crippen molar-refractivity contribution >= 4 is 28.6 Å². The van der Waals surface area contributed by atoms with Gasteiger partial charge in [-0.3, -0.25) is 4.79 Å². The van der Waals surface area contributed by atoms with Gasteiger partial charge in [-0.15, -0.1) is 0 Å². The number of nitrogens with one attached hydrogen (secondary N) is 2. The number of carbonyl (C=O) groups excluding carboxylic acids is 1. The molecule has 0 bridgehead atoms. The molecule has 0 unspecified atom stereocenters. The number of amides is 1. The smallest absolute Gasteiger partial charge is 0.225 e. The minimum Gasteiger partial charge on any atom is -0.362 e. The maximum absolute atomic E-state index is 12.5. The van der Waals surface area contributed by atoms with Gasteiger partial charge in [-0.2, -0.15) is 4.98 Å². The predicted molar refractivity (Wildman–Crippen MR) is 122 cm³/mol. The molecule has 1 aliphatic rings. The number of anilines is 2. The SMILES string of the molecule is CN(C)c1nc(N[C@H]2CC[C@@H](C(=O)NCc3ccccc3)CC2)nc2ccccc12. The van der Waals surface area contributed by atoms with Gasteiger partial charge in [0, 0.05) is 38.0 Å². The van der Waals surface area contributed by atoms with E-state index in [1.54, 1.807) is 0 Å².